The maximum absolute atomic E-state index is 13.3. The van der Waals surface area contributed by atoms with Crippen molar-refractivity contribution in [2.45, 2.75) is 109 Å². The van der Waals surface area contributed by atoms with Gasteiger partial charge in [-0.05, 0) is 86.0 Å². The zero-order chi connectivity index (χ0) is 53.9. The average molecular weight is 1140 g/mol. The topological polar surface area (TPSA) is 233 Å². The van der Waals surface area contributed by atoms with Gasteiger partial charge in [0.25, 0.3) is 30.2 Å². The number of Topliss-reactive ketones (excluding diaryl/α,β-unsaturated/α-hetero) is 2. The first-order valence-electron chi connectivity index (χ1n) is 25.2. The number of hydrogen-bond acceptors (Lipinski definition) is 19. The number of aliphatic hydroxyl groups is 2. The van der Waals surface area contributed by atoms with E-state index in [2.05, 4.69) is 15.1 Å². The Morgan fingerprint density at radius 3 is 1.47 bits per heavy atom. The Hall–Kier alpha value is -3.73. The predicted octanol–water partition coefficient (Wildman–Crippen LogP) is 3.82. The molecule has 6 saturated heterocycles. The van der Waals surface area contributed by atoms with Crippen LogP contribution in [0, 0.1) is 0 Å². The number of ketones is 2. The van der Waals surface area contributed by atoms with Crippen LogP contribution in [0.1, 0.15) is 64.5 Å². The van der Waals surface area contributed by atoms with E-state index < -0.39 is 47.4 Å². The van der Waals surface area contributed by atoms with Gasteiger partial charge in [0.2, 0.25) is 0 Å². The molecule has 2 aromatic carbocycles. The van der Waals surface area contributed by atoms with Crippen LogP contribution in [0.3, 0.4) is 0 Å². The number of piperazine rings is 2. The minimum absolute atomic E-state index is 0.0405. The van der Waals surface area contributed by atoms with Gasteiger partial charge in [0.1, 0.15) is 20.0 Å². The largest absolute Gasteiger partial charge is 0.386 e. The molecule has 24 heteroatoms. The number of sulfonamides is 2. The number of benzene rings is 2. The molecule has 0 unspecified atom stereocenters. The summed E-state index contributed by atoms with van der Waals surface area (Å²) in [6.45, 7) is 12.0. The van der Waals surface area contributed by atoms with Crippen LogP contribution in [0.4, 0.5) is 11.4 Å². The SMILES string of the molecule is CC(C)(O)c1ccc(N2CCN(S(=O)(=O)c3cccs3)C[C@@H]2CN2[C@@H]3COC[C@H]2CC(=O)C3)cc1.CC(C)(O)c1ccc(N2CCN(S(=O)(=O)c3cccs3)C[C@@H]2COS(C)(=O)=O)cc1.O=C1C[C@H]2COC[C@@H](C1)N2. The lowest BCUT2D eigenvalue weighted by atomic mass is 9.92. The number of morpholine rings is 2. The number of rotatable bonds is 13. The molecule has 19 nitrogen and oxygen atoms in total. The molecule has 3 N–H and O–H groups in total. The Kier molecular flexibility index (Phi) is 18.2. The molecule has 0 saturated carbocycles. The molecule has 0 aliphatic carbocycles. The first-order valence-corrected chi connectivity index (χ1v) is 31.6. The predicted molar refractivity (Wildman–Crippen MR) is 288 cm³/mol. The number of anilines is 2. The summed E-state index contributed by atoms with van der Waals surface area (Å²) in [5, 5.41) is 27.3. The van der Waals surface area contributed by atoms with Gasteiger partial charge in [-0.1, -0.05) is 36.4 Å². The fourth-order valence-corrected chi connectivity index (χ4v) is 16.1. The lowest BCUT2D eigenvalue weighted by Crippen LogP contribution is -2.64. The van der Waals surface area contributed by atoms with Crippen LogP contribution in [0.5, 0.6) is 0 Å². The first kappa shape index (κ1) is 57.4. The average Bonchev–Trinajstić information content (AvgIpc) is 4.11. The molecular weight excluding hydrogens is 1060 g/mol. The molecule has 10 rings (SSSR count). The lowest BCUT2D eigenvalue weighted by molar-refractivity contribution is -0.136. The van der Waals surface area contributed by atoms with E-state index in [0.717, 1.165) is 40.1 Å². The minimum atomic E-state index is -3.68. The molecule has 0 spiro atoms. The Bertz CT molecular complexity index is 2870. The van der Waals surface area contributed by atoms with Crippen molar-refractivity contribution in [3.05, 3.63) is 94.7 Å². The number of hydrogen-bond donors (Lipinski definition) is 3. The molecule has 0 amide bonds. The number of piperidine rings is 2. The summed E-state index contributed by atoms with van der Waals surface area (Å²) in [6.07, 6.45) is 3.27. The van der Waals surface area contributed by atoms with Crippen LogP contribution in [-0.4, -0.2) is 182 Å². The first-order chi connectivity index (χ1) is 35.3. The van der Waals surface area contributed by atoms with Crippen molar-refractivity contribution < 1.29 is 58.7 Å². The monoisotopic (exact) mass is 1130 g/mol. The van der Waals surface area contributed by atoms with E-state index in [4.69, 9.17) is 13.7 Å². The quantitative estimate of drug-likeness (QED) is 0.162. The van der Waals surface area contributed by atoms with E-state index in [1.165, 1.54) is 15.6 Å². The van der Waals surface area contributed by atoms with E-state index in [0.29, 0.717) is 107 Å². The highest BCUT2D eigenvalue weighted by atomic mass is 32.3. The molecule has 412 valence electrons. The van der Waals surface area contributed by atoms with E-state index >= 15 is 0 Å². The maximum Gasteiger partial charge on any atom is 0.264 e. The molecular formula is C51H70N6O13S5. The lowest BCUT2D eigenvalue weighted by Gasteiger charge is -2.50. The van der Waals surface area contributed by atoms with Crippen molar-refractivity contribution >= 4 is 75.8 Å². The van der Waals surface area contributed by atoms with Gasteiger partial charge in [0.15, 0.2) is 0 Å². The van der Waals surface area contributed by atoms with Crippen LogP contribution >= 0.6 is 22.7 Å². The highest BCUT2D eigenvalue weighted by molar-refractivity contribution is 7.91. The molecule has 4 aromatic rings. The summed E-state index contributed by atoms with van der Waals surface area (Å²) in [6, 6.07) is 22.0. The Morgan fingerprint density at radius 1 is 0.613 bits per heavy atom. The number of thiophene rings is 2. The molecule has 4 bridgehead atoms. The van der Waals surface area contributed by atoms with Crippen molar-refractivity contribution in [1.29, 1.82) is 0 Å². The van der Waals surface area contributed by atoms with Gasteiger partial charge in [0.05, 0.1) is 62.6 Å². The van der Waals surface area contributed by atoms with Crippen LogP contribution < -0.4 is 15.1 Å². The Labute approximate surface area is 449 Å². The molecule has 6 aliphatic rings. The van der Waals surface area contributed by atoms with Gasteiger partial charge < -0.3 is 34.8 Å². The van der Waals surface area contributed by atoms with Gasteiger partial charge in [-0.25, -0.2) is 16.8 Å². The second-order valence-electron chi connectivity index (χ2n) is 21.0. The van der Waals surface area contributed by atoms with Crippen molar-refractivity contribution in [3.8, 4) is 0 Å². The summed E-state index contributed by atoms with van der Waals surface area (Å²) >= 11 is 2.39. The molecule has 75 heavy (non-hydrogen) atoms. The summed E-state index contributed by atoms with van der Waals surface area (Å²) in [7, 11) is -10.9. The number of carbonyl (C=O) groups excluding carboxylic acids is 2. The van der Waals surface area contributed by atoms with E-state index in [1.807, 2.05) is 41.3 Å². The van der Waals surface area contributed by atoms with Crippen molar-refractivity contribution in [3.63, 3.8) is 0 Å². The van der Waals surface area contributed by atoms with Crippen molar-refractivity contribution in [1.82, 2.24) is 18.8 Å². The molecule has 0 radical (unpaired) electrons. The summed E-state index contributed by atoms with van der Waals surface area (Å²) < 4.78 is 95.2. The molecule has 6 aliphatic heterocycles. The van der Waals surface area contributed by atoms with E-state index in [-0.39, 0.29) is 47.8 Å². The van der Waals surface area contributed by atoms with Gasteiger partial charge in [0, 0.05) is 107 Å². The summed E-state index contributed by atoms with van der Waals surface area (Å²) in [5.41, 5.74) is 1.48. The molecule has 2 aromatic heterocycles. The number of nitrogens with one attached hydrogen (secondary N) is 1. The summed E-state index contributed by atoms with van der Waals surface area (Å²) in [5.74, 6) is 0.668. The normalized spacial score (nSPS) is 25.5. The third-order valence-corrected chi connectivity index (χ3v) is 21.4. The number of ether oxygens (including phenoxy) is 2. The highest BCUT2D eigenvalue weighted by Gasteiger charge is 2.43. The Balaban J connectivity index is 0.000000169. The van der Waals surface area contributed by atoms with E-state index in [1.54, 1.807) is 79.2 Å². The smallest absolute Gasteiger partial charge is 0.264 e. The second-order valence-corrected chi connectivity index (χ2v) is 28.9. The number of fused-ring (bicyclic) bond motifs is 4. The summed E-state index contributed by atoms with van der Waals surface area (Å²) in [4.78, 5) is 29.8. The number of nitrogens with zero attached hydrogens (tertiary/aromatic N) is 5. The van der Waals surface area contributed by atoms with Crippen LogP contribution in [0.25, 0.3) is 0 Å². The second kappa shape index (κ2) is 23.7. The van der Waals surface area contributed by atoms with E-state index in [9.17, 15) is 45.1 Å². The van der Waals surface area contributed by atoms with Crippen LogP contribution in [0.15, 0.2) is 92.0 Å². The van der Waals surface area contributed by atoms with Crippen LogP contribution in [0.2, 0.25) is 0 Å². The zero-order valence-corrected chi connectivity index (χ0v) is 47.1. The number of carbonyl (C=O) groups is 2. The zero-order valence-electron chi connectivity index (χ0n) is 43.0. The molecule has 6 fully saturated rings. The third kappa shape index (κ3) is 14.5. The van der Waals surface area contributed by atoms with Gasteiger partial charge in [-0.15, -0.1) is 22.7 Å². The molecule has 8 heterocycles. The van der Waals surface area contributed by atoms with Gasteiger partial charge in [-0.3, -0.25) is 18.7 Å². The minimum Gasteiger partial charge on any atom is -0.386 e. The van der Waals surface area contributed by atoms with Gasteiger partial charge in [-0.2, -0.15) is 17.0 Å². The maximum atomic E-state index is 13.3. The molecule has 6 atom stereocenters. The van der Waals surface area contributed by atoms with Gasteiger partial charge >= 0.3 is 0 Å². The highest BCUT2D eigenvalue weighted by Crippen LogP contribution is 2.33. The fourth-order valence-electron chi connectivity index (χ4n) is 10.5. The van der Waals surface area contributed by atoms with Crippen molar-refractivity contribution in [2.24, 2.45) is 0 Å². The standard InChI is InChI=1S/C25H33N3O5S2.C19H26N2O6S3.C7H11NO2/c1-25(2,30)18-5-7-19(8-6-18)27-10-9-26(35(31,32)24-4-3-11-34-24)14-22(27)15-28-20-12-23(29)13-21(28)17-33-16-20;1-19(2,22)15-6-8-16(9-7-15)21-11-10-20(13-17(21)14-27-29(3,23)24)30(25,26)18-5-4-12-28-18;9-7-1-5-3-10-4-6(2-7)8-5/h3-8,11,20-22,30H,9-10,12-17H2,1-2H3;4-9,12,17,22H,10-11,13-14H2,1-3H3;5-6,8H,1-4H2/t20-,21+,22-;17-;5-,6+/m11./s1. The van der Waals surface area contributed by atoms with Crippen LogP contribution in [-0.2, 0) is 64.6 Å². The third-order valence-electron chi connectivity index (χ3n) is 14.3. The Morgan fingerprint density at radius 2 is 1.04 bits per heavy atom. The fraction of sp³-hybridized carbons (Fsp3) is 0.569. The van der Waals surface area contributed by atoms with Crippen molar-refractivity contribution in [2.75, 3.05) is 94.9 Å².